The lowest BCUT2D eigenvalue weighted by Gasteiger charge is -2.16. The Hall–Kier alpha value is -2.64. The standard InChI is InChI=1S/C23H29N5OS/c1-18-10-11-21(14-19(18)2)28-17-25-26-23(28)30-16-22(29)24-12-7-13-27(3)15-20-8-5-4-6-9-20/h4-6,8-11,14,17H,7,12-13,15-16H2,1-3H3,(H,24,29). The maximum atomic E-state index is 12.2. The third-order valence-electron chi connectivity index (χ3n) is 4.95. The average molecular weight is 424 g/mol. The largest absolute Gasteiger partial charge is 0.355 e. The van der Waals surface area contributed by atoms with Gasteiger partial charge < -0.3 is 10.2 Å². The minimum atomic E-state index is 0.0142. The predicted molar refractivity (Wildman–Crippen MR) is 122 cm³/mol. The van der Waals surface area contributed by atoms with Crippen LogP contribution in [0.1, 0.15) is 23.1 Å². The lowest BCUT2D eigenvalue weighted by Crippen LogP contribution is -2.29. The molecule has 30 heavy (non-hydrogen) atoms. The zero-order chi connectivity index (χ0) is 21.3. The molecule has 6 nitrogen and oxygen atoms in total. The smallest absolute Gasteiger partial charge is 0.230 e. The Morgan fingerprint density at radius 2 is 1.93 bits per heavy atom. The number of thioether (sulfide) groups is 1. The number of rotatable bonds is 10. The van der Waals surface area contributed by atoms with E-state index in [1.54, 1.807) is 6.33 Å². The van der Waals surface area contributed by atoms with Crippen LogP contribution in [0.3, 0.4) is 0 Å². The van der Waals surface area contributed by atoms with Crippen LogP contribution in [0.15, 0.2) is 60.0 Å². The number of aromatic nitrogens is 3. The molecule has 1 aromatic heterocycles. The van der Waals surface area contributed by atoms with E-state index >= 15 is 0 Å². The van der Waals surface area contributed by atoms with Crippen molar-refractivity contribution in [2.24, 2.45) is 0 Å². The normalized spacial score (nSPS) is 11.1. The van der Waals surface area contributed by atoms with E-state index in [0.717, 1.165) is 30.4 Å². The van der Waals surface area contributed by atoms with Crippen molar-refractivity contribution in [2.45, 2.75) is 32.0 Å². The summed E-state index contributed by atoms with van der Waals surface area (Å²) in [5.41, 5.74) is 4.77. The monoisotopic (exact) mass is 423 g/mol. The summed E-state index contributed by atoms with van der Waals surface area (Å²) in [5.74, 6) is 0.337. The molecule has 0 bridgehead atoms. The molecule has 158 valence electrons. The Bertz CT molecular complexity index is 957. The van der Waals surface area contributed by atoms with Gasteiger partial charge in [-0.1, -0.05) is 48.2 Å². The first-order chi connectivity index (χ1) is 14.5. The van der Waals surface area contributed by atoms with Gasteiger partial charge in [0.1, 0.15) is 6.33 Å². The lowest BCUT2D eigenvalue weighted by molar-refractivity contribution is -0.118. The van der Waals surface area contributed by atoms with Crippen LogP contribution in [-0.4, -0.2) is 51.5 Å². The first kappa shape index (κ1) is 22.1. The van der Waals surface area contributed by atoms with Crippen LogP contribution in [0.25, 0.3) is 5.69 Å². The van der Waals surface area contributed by atoms with E-state index in [4.69, 9.17) is 0 Å². The minimum Gasteiger partial charge on any atom is -0.355 e. The summed E-state index contributed by atoms with van der Waals surface area (Å²) in [6.07, 6.45) is 2.60. The van der Waals surface area contributed by atoms with Gasteiger partial charge in [-0.2, -0.15) is 0 Å². The number of aryl methyl sites for hydroxylation is 2. The first-order valence-electron chi connectivity index (χ1n) is 10.1. The summed E-state index contributed by atoms with van der Waals surface area (Å²) in [4.78, 5) is 14.5. The number of amides is 1. The first-order valence-corrected chi connectivity index (χ1v) is 11.1. The number of carbonyl (C=O) groups is 1. The van der Waals surface area contributed by atoms with Gasteiger partial charge in [0.05, 0.1) is 5.75 Å². The fraction of sp³-hybridized carbons (Fsp3) is 0.348. The molecule has 0 unspecified atom stereocenters. The number of hydrogen-bond acceptors (Lipinski definition) is 5. The molecule has 1 N–H and O–H groups in total. The van der Waals surface area contributed by atoms with E-state index in [2.05, 4.69) is 77.7 Å². The van der Waals surface area contributed by atoms with Crippen molar-refractivity contribution in [3.8, 4) is 5.69 Å². The zero-order valence-corrected chi connectivity index (χ0v) is 18.7. The molecule has 0 radical (unpaired) electrons. The van der Waals surface area contributed by atoms with Gasteiger partial charge in [-0.15, -0.1) is 10.2 Å². The highest BCUT2D eigenvalue weighted by molar-refractivity contribution is 7.99. The highest BCUT2D eigenvalue weighted by atomic mass is 32.2. The van der Waals surface area contributed by atoms with E-state index < -0.39 is 0 Å². The number of carbonyl (C=O) groups excluding carboxylic acids is 1. The number of nitrogens with zero attached hydrogens (tertiary/aromatic N) is 4. The van der Waals surface area contributed by atoms with Gasteiger partial charge in [0.25, 0.3) is 0 Å². The topological polar surface area (TPSA) is 63.1 Å². The van der Waals surface area contributed by atoms with Crippen LogP contribution in [0.2, 0.25) is 0 Å². The van der Waals surface area contributed by atoms with Crippen molar-refractivity contribution in [3.05, 3.63) is 71.5 Å². The molecule has 2 aromatic carbocycles. The summed E-state index contributed by atoms with van der Waals surface area (Å²) in [7, 11) is 2.10. The molecule has 0 aliphatic heterocycles. The quantitative estimate of drug-likeness (QED) is 0.399. The van der Waals surface area contributed by atoms with Crippen molar-refractivity contribution >= 4 is 17.7 Å². The average Bonchev–Trinajstić information content (AvgIpc) is 3.21. The van der Waals surface area contributed by atoms with Gasteiger partial charge in [0.15, 0.2) is 5.16 Å². The maximum Gasteiger partial charge on any atom is 0.230 e. The molecule has 0 fully saturated rings. The Balaban J connectivity index is 1.39. The summed E-state index contributed by atoms with van der Waals surface area (Å²) in [5, 5.41) is 11.9. The lowest BCUT2D eigenvalue weighted by atomic mass is 10.1. The second kappa shape index (κ2) is 10.9. The van der Waals surface area contributed by atoms with Crippen molar-refractivity contribution in [2.75, 3.05) is 25.9 Å². The fourth-order valence-corrected chi connectivity index (χ4v) is 3.87. The molecule has 1 amide bonds. The van der Waals surface area contributed by atoms with Gasteiger partial charge in [-0.05, 0) is 62.7 Å². The van der Waals surface area contributed by atoms with Crippen molar-refractivity contribution in [3.63, 3.8) is 0 Å². The highest BCUT2D eigenvalue weighted by Gasteiger charge is 2.11. The van der Waals surface area contributed by atoms with Gasteiger partial charge in [-0.3, -0.25) is 9.36 Å². The van der Waals surface area contributed by atoms with Crippen LogP contribution in [0, 0.1) is 13.8 Å². The molecule has 7 heteroatoms. The number of nitrogens with one attached hydrogen (secondary N) is 1. The summed E-state index contributed by atoms with van der Waals surface area (Å²) >= 11 is 1.40. The predicted octanol–water partition coefficient (Wildman–Crippen LogP) is 3.61. The second-order valence-corrected chi connectivity index (χ2v) is 8.41. The van der Waals surface area contributed by atoms with Gasteiger partial charge >= 0.3 is 0 Å². The van der Waals surface area contributed by atoms with E-state index in [1.165, 1.54) is 28.5 Å². The summed E-state index contributed by atoms with van der Waals surface area (Å²) in [6.45, 7) is 6.69. The van der Waals surface area contributed by atoms with Gasteiger partial charge in [0, 0.05) is 18.8 Å². The molecule has 3 aromatic rings. The Morgan fingerprint density at radius 3 is 2.70 bits per heavy atom. The van der Waals surface area contributed by atoms with E-state index in [0.29, 0.717) is 12.3 Å². The number of hydrogen-bond donors (Lipinski definition) is 1. The molecule has 0 spiro atoms. The van der Waals surface area contributed by atoms with Crippen molar-refractivity contribution < 1.29 is 4.79 Å². The van der Waals surface area contributed by atoms with Crippen LogP contribution >= 0.6 is 11.8 Å². The molecule has 3 rings (SSSR count). The van der Waals surface area contributed by atoms with Gasteiger partial charge in [-0.25, -0.2) is 0 Å². The van der Waals surface area contributed by atoms with Crippen LogP contribution < -0.4 is 5.32 Å². The molecule has 0 aliphatic carbocycles. The summed E-state index contributed by atoms with van der Waals surface area (Å²) < 4.78 is 1.92. The van der Waals surface area contributed by atoms with E-state index in [1.807, 2.05) is 16.7 Å². The van der Waals surface area contributed by atoms with Crippen molar-refractivity contribution in [1.29, 1.82) is 0 Å². The van der Waals surface area contributed by atoms with Crippen LogP contribution in [-0.2, 0) is 11.3 Å². The second-order valence-electron chi connectivity index (χ2n) is 7.47. The Labute approximate surface area is 182 Å². The van der Waals surface area contributed by atoms with Crippen molar-refractivity contribution in [1.82, 2.24) is 25.0 Å². The fourth-order valence-electron chi connectivity index (χ4n) is 3.11. The SMILES string of the molecule is Cc1ccc(-n2cnnc2SCC(=O)NCCCN(C)Cc2ccccc2)cc1C. The molecular formula is C23H29N5OS. The molecule has 0 saturated carbocycles. The Morgan fingerprint density at radius 1 is 1.13 bits per heavy atom. The highest BCUT2D eigenvalue weighted by Crippen LogP contribution is 2.21. The van der Waals surface area contributed by atoms with Crippen LogP contribution in [0.5, 0.6) is 0 Å². The molecular weight excluding hydrogens is 394 g/mol. The van der Waals surface area contributed by atoms with Gasteiger partial charge in [0.2, 0.25) is 5.91 Å². The molecule has 0 atom stereocenters. The Kier molecular flexibility index (Phi) is 8.04. The third kappa shape index (κ3) is 6.43. The minimum absolute atomic E-state index is 0.0142. The zero-order valence-electron chi connectivity index (χ0n) is 17.8. The third-order valence-corrected chi connectivity index (χ3v) is 5.89. The maximum absolute atomic E-state index is 12.2. The van der Waals surface area contributed by atoms with E-state index in [9.17, 15) is 4.79 Å². The molecule has 0 saturated heterocycles. The molecule has 1 heterocycles. The summed E-state index contributed by atoms with van der Waals surface area (Å²) in [6, 6.07) is 16.6. The van der Waals surface area contributed by atoms with E-state index in [-0.39, 0.29) is 5.91 Å². The number of benzene rings is 2. The van der Waals surface area contributed by atoms with Crippen LogP contribution in [0.4, 0.5) is 0 Å². The molecule has 0 aliphatic rings.